The number of nitrogens with zero attached hydrogens (tertiary/aromatic N) is 1. The minimum atomic E-state index is -3.98. The molecule has 4 aromatic rings. The quantitative estimate of drug-likeness (QED) is 0.363. The van der Waals surface area contributed by atoms with Gasteiger partial charge in [-0.3, -0.25) is 9.59 Å². The molecule has 11 heteroatoms. The van der Waals surface area contributed by atoms with Crippen molar-refractivity contribution < 1.29 is 26.4 Å². The van der Waals surface area contributed by atoms with Crippen LogP contribution in [0, 0.1) is 0 Å². The van der Waals surface area contributed by atoms with E-state index in [1.807, 2.05) is 10.8 Å². The lowest BCUT2D eigenvalue weighted by atomic mass is 10.2. The fourth-order valence-electron chi connectivity index (χ4n) is 3.78. The van der Waals surface area contributed by atoms with Crippen LogP contribution in [0.4, 0.5) is 5.69 Å². The van der Waals surface area contributed by atoms with Crippen LogP contribution in [0.25, 0.3) is 10.9 Å². The highest BCUT2D eigenvalue weighted by Gasteiger charge is 2.22. The number of sulfone groups is 1. The van der Waals surface area contributed by atoms with Gasteiger partial charge in [0.25, 0.3) is 10.0 Å². The van der Waals surface area contributed by atoms with Gasteiger partial charge in [-0.05, 0) is 35.9 Å². The number of carbonyl (C=O) groups excluding carboxylic acids is 2. The minimum absolute atomic E-state index is 0.125. The second kappa shape index (κ2) is 9.96. The molecule has 0 saturated heterocycles. The summed E-state index contributed by atoms with van der Waals surface area (Å²) in [6.45, 7) is 0.933. The van der Waals surface area contributed by atoms with E-state index in [1.54, 1.807) is 53.1 Å². The predicted octanol–water partition coefficient (Wildman–Crippen LogP) is 3.08. The summed E-state index contributed by atoms with van der Waals surface area (Å²) in [6.07, 6.45) is 1.46. The van der Waals surface area contributed by atoms with Crippen molar-refractivity contribution >= 4 is 48.3 Å². The highest BCUT2D eigenvalue weighted by Crippen LogP contribution is 2.28. The molecular formula is C25H23N3O6S2. The van der Waals surface area contributed by atoms with Crippen molar-refractivity contribution in [2.75, 3.05) is 5.32 Å². The Morgan fingerprint density at radius 3 is 2.14 bits per heavy atom. The zero-order chi connectivity index (χ0) is 25.9. The molecular weight excluding hydrogens is 502 g/mol. The van der Waals surface area contributed by atoms with Crippen LogP contribution in [-0.2, 0) is 41.7 Å². The van der Waals surface area contributed by atoms with E-state index in [-0.39, 0.29) is 22.1 Å². The molecule has 0 aliphatic carbocycles. The topological polar surface area (TPSA) is 131 Å². The van der Waals surface area contributed by atoms with Gasteiger partial charge in [0.05, 0.1) is 15.5 Å². The Morgan fingerprint density at radius 1 is 0.833 bits per heavy atom. The molecule has 0 bridgehead atoms. The van der Waals surface area contributed by atoms with Crippen LogP contribution < -0.4 is 10.0 Å². The van der Waals surface area contributed by atoms with E-state index in [2.05, 4.69) is 5.32 Å². The van der Waals surface area contributed by atoms with Crippen LogP contribution in [0.2, 0.25) is 0 Å². The van der Waals surface area contributed by atoms with Crippen molar-refractivity contribution in [3.63, 3.8) is 0 Å². The maximum Gasteiger partial charge on any atom is 0.264 e. The summed E-state index contributed by atoms with van der Waals surface area (Å²) in [6, 6.07) is 21.1. The molecule has 0 atom stereocenters. The normalized spacial score (nSPS) is 11.8. The summed E-state index contributed by atoms with van der Waals surface area (Å²) >= 11 is 0. The van der Waals surface area contributed by atoms with E-state index < -0.39 is 31.7 Å². The average molecular weight is 526 g/mol. The van der Waals surface area contributed by atoms with Crippen LogP contribution in [-0.4, -0.2) is 33.2 Å². The van der Waals surface area contributed by atoms with Gasteiger partial charge in [0.1, 0.15) is 6.54 Å². The van der Waals surface area contributed by atoms with E-state index in [1.165, 1.54) is 30.5 Å². The van der Waals surface area contributed by atoms with Crippen LogP contribution >= 0.6 is 0 Å². The SMILES string of the molecule is CC(=O)NS(=O)(=O)c1ccc(NC(=O)Cn2cc(S(=O)(=O)Cc3ccccc3)c3ccccc32)cc1. The van der Waals surface area contributed by atoms with Gasteiger partial charge in [-0.1, -0.05) is 48.5 Å². The third kappa shape index (κ3) is 5.64. The van der Waals surface area contributed by atoms with Crippen molar-refractivity contribution in [2.45, 2.75) is 29.0 Å². The molecule has 0 spiro atoms. The molecule has 0 radical (unpaired) electrons. The number of anilines is 1. The van der Waals surface area contributed by atoms with Crippen LogP contribution in [0.1, 0.15) is 12.5 Å². The summed E-state index contributed by atoms with van der Waals surface area (Å²) in [4.78, 5) is 23.8. The van der Waals surface area contributed by atoms with Crippen molar-refractivity contribution in [3.8, 4) is 0 Å². The number of nitrogens with one attached hydrogen (secondary N) is 2. The Hall–Kier alpha value is -3.96. The first-order chi connectivity index (χ1) is 17.0. The number of benzene rings is 3. The summed E-state index contributed by atoms with van der Waals surface area (Å²) in [5, 5.41) is 3.19. The number of rotatable bonds is 8. The summed E-state index contributed by atoms with van der Waals surface area (Å²) in [5.41, 5.74) is 1.60. The molecule has 0 saturated carbocycles. The van der Waals surface area contributed by atoms with E-state index in [9.17, 15) is 26.4 Å². The lowest BCUT2D eigenvalue weighted by molar-refractivity contribution is -0.117. The number of fused-ring (bicyclic) bond motifs is 1. The first-order valence-electron chi connectivity index (χ1n) is 10.8. The number of amides is 2. The van der Waals surface area contributed by atoms with Gasteiger partial charge in [-0.15, -0.1) is 0 Å². The minimum Gasteiger partial charge on any atom is -0.337 e. The highest BCUT2D eigenvalue weighted by molar-refractivity contribution is 7.91. The van der Waals surface area contributed by atoms with Gasteiger partial charge in [-0.25, -0.2) is 21.6 Å². The molecule has 1 heterocycles. The molecule has 2 amide bonds. The molecule has 0 aliphatic rings. The smallest absolute Gasteiger partial charge is 0.264 e. The molecule has 4 rings (SSSR count). The maximum atomic E-state index is 13.2. The Balaban J connectivity index is 1.55. The number of carbonyl (C=O) groups is 2. The first kappa shape index (κ1) is 25.1. The van der Waals surface area contributed by atoms with Crippen LogP contribution in [0.5, 0.6) is 0 Å². The number of hydrogen-bond acceptors (Lipinski definition) is 6. The van der Waals surface area contributed by atoms with Gasteiger partial charge in [0, 0.05) is 29.7 Å². The first-order valence-corrected chi connectivity index (χ1v) is 14.0. The zero-order valence-electron chi connectivity index (χ0n) is 19.2. The van der Waals surface area contributed by atoms with Gasteiger partial charge in [0.2, 0.25) is 11.8 Å². The molecule has 0 fully saturated rings. The predicted molar refractivity (Wildman–Crippen MR) is 135 cm³/mol. The zero-order valence-corrected chi connectivity index (χ0v) is 20.8. The monoisotopic (exact) mass is 525 g/mol. The van der Waals surface area contributed by atoms with Crippen LogP contribution in [0.15, 0.2) is 94.9 Å². The van der Waals surface area contributed by atoms with Crippen molar-refractivity contribution in [1.82, 2.24) is 9.29 Å². The Morgan fingerprint density at radius 2 is 1.47 bits per heavy atom. The Kier molecular flexibility index (Phi) is 6.95. The van der Waals surface area contributed by atoms with E-state index in [0.29, 0.717) is 22.2 Å². The molecule has 1 aromatic heterocycles. The van der Waals surface area contributed by atoms with Crippen LogP contribution in [0.3, 0.4) is 0 Å². The van der Waals surface area contributed by atoms with Crippen molar-refractivity contribution in [2.24, 2.45) is 0 Å². The van der Waals surface area contributed by atoms with E-state index >= 15 is 0 Å². The standard InChI is InChI=1S/C25H23N3O6S2/c1-18(29)27-36(33,34)21-13-11-20(12-14-21)26-25(30)16-28-15-24(22-9-5-6-10-23(22)28)35(31,32)17-19-7-3-2-4-8-19/h2-15H,16-17H2,1H3,(H,26,30)(H,27,29). The molecule has 0 unspecified atom stereocenters. The third-order valence-electron chi connectivity index (χ3n) is 5.33. The molecule has 36 heavy (non-hydrogen) atoms. The molecule has 186 valence electrons. The molecule has 2 N–H and O–H groups in total. The maximum absolute atomic E-state index is 13.2. The molecule has 9 nitrogen and oxygen atoms in total. The van der Waals surface area contributed by atoms with Crippen molar-refractivity contribution in [3.05, 3.63) is 90.6 Å². The van der Waals surface area contributed by atoms with Crippen molar-refractivity contribution in [1.29, 1.82) is 0 Å². The van der Waals surface area contributed by atoms with Gasteiger partial charge >= 0.3 is 0 Å². The van der Waals surface area contributed by atoms with Gasteiger partial charge in [-0.2, -0.15) is 0 Å². The van der Waals surface area contributed by atoms with E-state index in [4.69, 9.17) is 0 Å². The number of sulfonamides is 1. The molecule has 3 aromatic carbocycles. The van der Waals surface area contributed by atoms with Gasteiger partial charge in [0.15, 0.2) is 9.84 Å². The Bertz CT molecular complexity index is 1640. The fraction of sp³-hybridized carbons (Fsp3) is 0.120. The largest absolute Gasteiger partial charge is 0.337 e. The lowest BCUT2D eigenvalue weighted by Crippen LogP contribution is -2.28. The fourth-order valence-corrected chi connectivity index (χ4v) is 6.36. The Labute approximate surface area is 208 Å². The van der Waals surface area contributed by atoms with E-state index in [0.717, 1.165) is 6.92 Å². The number of aromatic nitrogens is 1. The summed E-state index contributed by atoms with van der Waals surface area (Å²) in [7, 11) is -7.67. The van der Waals surface area contributed by atoms with Gasteiger partial charge < -0.3 is 9.88 Å². The lowest BCUT2D eigenvalue weighted by Gasteiger charge is -2.09. The number of hydrogen-bond donors (Lipinski definition) is 2. The number of para-hydroxylation sites is 1. The highest BCUT2D eigenvalue weighted by atomic mass is 32.2. The summed E-state index contributed by atoms with van der Waals surface area (Å²) < 4.78 is 54.0. The summed E-state index contributed by atoms with van der Waals surface area (Å²) in [5.74, 6) is -1.31. The second-order valence-electron chi connectivity index (χ2n) is 8.12. The second-order valence-corrected chi connectivity index (χ2v) is 11.8. The third-order valence-corrected chi connectivity index (χ3v) is 8.48. The average Bonchev–Trinajstić information content (AvgIpc) is 3.18. The molecule has 0 aliphatic heterocycles.